The first-order valence-corrected chi connectivity index (χ1v) is 6.39. The Morgan fingerprint density at radius 3 is 2.50 bits per heavy atom. The molecule has 92 valence electrons. The number of aliphatic hydroxyl groups is 1. The molecule has 1 aliphatic carbocycles. The van der Waals surface area contributed by atoms with Crippen molar-refractivity contribution in [2.75, 3.05) is 13.1 Å². The first-order valence-electron chi connectivity index (χ1n) is 5.63. The van der Waals surface area contributed by atoms with E-state index in [4.69, 9.17) is 23.2 Å². The number of rotatable bonds is 1. The van der Waals surface area contributed by atoms with Gasteiger partial charge in [0.25, 0.3) is 0 Å². The number of piperidine rings is 1. The highest BCUT2D eigenvalue weighted by molar-refractivity contribution is 6.53. The van der Waals surface area contributed by atoms with Crippen molar-refractivity contribution in [2.45, 2.75) is 37.1 Å². The van der Waals surface area contributed by atoms with Gasteiger partial charge in [-0.2, -0.15) is 0 Å². The lowest BCUT2D eigenvalue weighted by atomic mass is 9.94. The van der Waals surface area contributed by atoms with Gasteiger partial charge in [0, 0.05) is 13.1 Å². The van der Waals surface area contributed by atoms with E-state index in [1.807, 2.05) is 6.92 Å². The number of aliphatic hydroxyl groups excluding tert-OH is 1. The molecule has 0 radical (unpaired) electrons. The van der Waals surface area contributed by atoms with E-state index in [2.05, 4.69) is 0 Å². The van der Waals surface area contributed by atoms with Crippen LogP contribution in [0.2, 0.25) is 0 Å². The molecular formula is C11H17Cl2NO2. The summed E-state index contributed by atoms with van der Waals surface area (Å²) in [5.74, 6) is 0.233. The van der Waals surface area contributed by atoms with Crippen molar-refractivity contribution in [3.8, 4) is 0 Å². The normalized spacial score (nSPS) is 41.9. The minimum absolute atomic E-state index is 0.0246. The third kappa shape index (κ3) is 1.83. The zero-order chi connectivity index (χ0) is 12.1. The second-order valence-electron chi connectivity index (χ2n) is 5.30. The van der Waals surface area contributed by atoms with Gasteiger partial charge in [-0.1, -0.05) is 6.92 Å². The topological polar surface area (TPSA) is 40.5 Å². The summed E-state index contributed by atoms with van der Waals surface area (Å²) in [5, 5.41) is 9.75. The summed E-state index contributed by atoms with van der Waals surface area (Å²) in [6.45, 7) is 4.88. The SMILES string of the molecule is CC1CCN(C(=O)C2(C)CC2(Cl)Cl)CC1O. The molecule has 0 spiro atoms. The zero-order valence-electron chi connectivity index (χ0n) is 9.54. The van der Waals surface area contributed by atoms with Gasteiger partial charge in [-0.05, 0) is 25.7 Å². The summed E-state index contributed by atoms with van der Waals surface area (Å²) in [6, 6.07) is 0. The standard InChI is InChI=1S/C11H17Cl2NO2/c1-7-3-4-14(5-8(7)15)9(16)10(2)6-11(10,12)13/h7-8,15H,3-6H2,1-2H3. The first kappa shape index (κ1) is 12.5. The van der Waals surface area contributed by atoms with Crippen LogP contribution < -0.4 is 0 Å². The Balaban J connectivity index is 2.02. The predicted octanol–water partition coefficient (Wildman–Crippen LogP) is 1.80. The Morgan fingerprint density at radius 1 is 1.50 bits per heavy atom. The fourth-order valence-corrected chi connectivity index (χ4v) is 2.91. The lowest BCUT2D eigenvalue weighted by Crippen LogP contribution is -2.48. The quantitative estimate of drug-likeness (QED) is 0.735. The molecule has 0 aromatic carbocycles. The fraction of sp³-hybridized carbons (Fsp3) is 0.909. The number of carbonyl (C=O) groups is 1. The number of alkyl halides is 2. The Bertz CT molecular complexity index is 321. The molecule has 2 aliphatic rings. The van der Waals surface area contributed by atoms with E-state index in [0.29, 0.717) is 19.5 Å². The van der Waals surface area contributed by atoms with E-state index in [1.54, 1.807) is 11.8 Å². The molecule has 5 heteroatoms. The number of carbonyl (C=O) groups excluding carboxylic acids is 1. The van der Waals surface area contributed by atoms with Crippen molar-refractivity contribution in [1.29, 1.82) is 0 Å². The van der Waals surface area contributed by atoms with Gasteiger partial charge in [0.2, 0.25) is 5.91 Å². The number of nitrogens with zero attached hydrogens (tertiary/aromatic N) is 1. The van der Waals surface area contributed by atoms with Crippen molar-refractivity contribution in [3.05, 3.63) is 0 Å². The van der Waals surface area contributed by atoms with E-state index < -0.39 is 15.9 Å². The van der Waals surface area contributed by atoms with E-state index in [9.17, 15) is 9.90 Å². The zero-order valence-corrected chi connectivity index (χ0v) is 11.1. The maximum absolute atomic E-state index is 12.2. The summed E-state index contributed by atoms with van der Waals surface area (Å²) in [4.78, 5) is 13.9. The molecule has 0 aromatic heterocycles. The highest BCUT2D eigenvalue weighted by Crippen LogP contribution is 2.64. The van der Waals surface area contributed by atoms with Crippen LogP contribution in [0.4, 0.5) is 0 Å². The van der Waals surface area contributed by atoms with Crippen LogP contribution in [0.3, 0.4) is 0 Å². The third-order valence-electron chi connectivity index (χ3n) is 3.94. The summed E-state index contributed by atoms with van der Waals surface area (Å²) in [5.41, 5.74) is -0.656. The van der Waals surface area contributed by atoms with E-state index in [-0.39, 0.29) is 11.8 Å². The first-order chi connectivity index (χ1) is 7.28. The lowest BCUT2D eigenvalue weighted by molar-refractivity contribution is -0.140. The van der Waals surface area contributed by atoms with Crippen LogP contribution in [0, 0.1) is 11.3 Å². The average molecular weight is 266 g/mol. The Morgan fingerprint density at radius 2 is 2.06 bits per heavy atom. The van der Waals surface area contributed by atoms with Gasteiger partial charge >= 0.3 is 0 Å². The number of β-amino-alcohol motifs (C(OH)–C–C–N with tert-alkyl or cyclic N) is 1. The monoisotopic (exact) mass is 265 g/mol. The number of halogens is 2. The molecule has 1 aliphatic heterocycles. The molecule has 1 amide bonds. The summed E-state index contributed by atoms with van der Waals surface area (Å²) in [7, 11) is 0. The molecule has 3 unspecified atom stereocenters. The highest BCUT2D eigenvalue weighted by Gasteiger charge is 2.68. The molecule has 16 heavy (non-hydrogen) atoms. The van der Waals surface area contributed by atoms with Gasteiger partial charge in [0.15, 0.2) is 0 Å². The molecule has 1 saturated carbocycles. The van der Waals surface area contributed by atoms with E-state index in [0.717, 1.165) is 6.42 Å². The average Bonchev–Trinajstić information content (AvgIpc) is 2.71. The van der Waals surface area contributed by atoms with Crippen molar-refractivity contribution in [1.82, 2.24) is 4.90 Å². The van der Waals surface area contributed by atoms with Gasteiger partial charge in [-0.15, -0.1) is 23.2 Å². The molecule has 1 N–H and O–H groups in total. The maximum Gasteiger partial charge on any atom is 0.231 e. The second kappa shape index (κ2) is 3.76. The Kier molecular flexibility index (Phi) is 2.93. The van der Waals surface area contributed by atoms with Gasteiger partial charge < -0.3 is 10.0 Å². The van der Waals surface area contributed by atoms with Crippen LogP contribution in [-0.2, 0) is 4.79 Å². The number of likely N-dealkylation sites (tertiary alicyclic amines) is 1. The van der Waals surface area contributed by atoms with Crippen molar-refractivity contribution in [2.24, 2.45) is 11.3 Å². The molecule has 0 bridgehead atoms. The molecule has 3 atom stereocenters. The van der Waals surface area contributed by atoms with Crippen molar-refractivity contribution < 1.29 is 9.90 Å². The van der Waals surface area contributed by atoms with Crippen LogP contribution in [0.25, 0.3) is 0 Å². The van der Waals surface area contributed by atoms with Gasteiger partial charge in [0.05, 0.1) is 11.5 Å². The van der Waals surface area contributed by atoms with Gasteiger partial charge in [0.1, 0.15) is 4.33 Å². The largest absolute Gasteiger partial charge is 0.391 e. The van der Waals surface area contributed by atoms with Gasteiger partial charge in [-0.25, -0.2) is 0 Å². The molecule has 0 aromatic rings. The molecule has 2 rings (SSSR count). The van der Waals surface area contributed by atoms with Crippen LogP contribution in [0.15, 0.2) is 0 Å². The highest BCUT2D eigenvalue weighted by atomic mass is 35.5. The Hall–Kier alpha value is 0.01000. The fourth-order valence-electron chi connectivity index (χ4n) is 2.21. The molecule has 1 saturated heterocycles. The smallest absolute Gasteiger partial charge is 0.231 e. The molecule has 3 nitrogen and oxygen atoms in total. The molecule has 1 heterocycles. The number of amides is 1. The van der Waals surface area contributed by atoms with E-state index >= 15 is 0 Å². The van der Waals surface area contributed by atoms with Crippen LogP contribution in [0.5, 0.6) is 0 Å². The van der Waals surface area contributed by atoms with Crippen LogP contribution >= 0.6 is 23.2 Å². The van der Waals surface area contributed by atoms with Crippen LogP contribution in [0.1, 0.15) is 26.7 Å². The minimum atomic E-state index is -0.919. The van der Waals surface area contributed by atoms with Crippen LogP contribution in [-0.4, -0.2) is 39.4 Å². The van der Waals surface area contributed by atoms with Crippen molar-refractivity contribution >= 4 is 29.1 Å². The minimum Gasteiger partial charge on any atom is -0.391 e. The Labute approximate surface area is 106 Å². The summed E-state index contributed by atoms with van der Waals surface area (Å²) >= 11 is 12.0. The molecular weight excluding hydrogens is 249 g/mol. The van der Waals surface area contributed by atoms with Crippen molar-refractivity contribution in [3.63, 3.8) is 0 Å². The second-order valence-corrected chi connectivity index (χ2v) is 6.78. The maximum atomic E-state index is 12.2. The number of hydrogen-bond donors (Lipinski definition) is 1. The summed E-state index contributed by atoms with van der Waals surface area (Å²) in [6.07, 6.45) is 0.907. The summed E-state index contributed by atoms with van der Waals surface area (Å²) < 4.78 is -0.919. The lowest BCUT2D eigenvalue weighted by Gasteiger charge is -2.36. The third-order valence-corrected chi connectivity index (χ3v) is 5.04. The van der Waals surface area contributed by atoms with Gasteiger partial charge in [-0.3, -0.25) is 4.79 Å². The van der Waals surface area contributed by atoms with E-state index in [1.165, 1.54) is 0 Å². The predicted molar refractivity (Wildman–Crippen MR) is 63.5 cm³/mol. The number of hydrogen-bond acceptors (Lipinski definition) is 2. The molecule has 2 fully saturated rings.